The molecule has 1 aromatic carbocycles. The Morgan fingerprint density at radius 2 is 1.78 bits per heavy atom. The zero-order valence-electron chi connectivity index (χ0n) is 14.6. The third-order valence-corrected chi connectivity index (χ3v) is 3.67. The molecule has 0 saturated carbocycles. The highest BCUT2D eigenvalue weighted by atomic mass is 16.5. The minimum Gasteiger partial charge on any atom is -0.497 e. The fourth-order valence-electron chi connectivity index (χ4n) is 2.29. The highest BCUT2D eigenvalue weighted by Gasteiger charge is 2.16. The van der Waals surface area contributed by atoms with Gasteiger partial charge >= 0.3 is 0 Å². The van der Waals surface area contributed by atoms with E-state index in [1.54, 1.807) is 55.7 Å². The van der Waals surface area contributed by atoms with Gasteiger partial charge in [-0.15, -0.1) is 0 Å². The van der Waals surface area contributed by atoms with Crippen molar-refractivity contribution in [2.45, 2.75) is 6.54 Å². The Morgan fingerprint density at radius 3 is 2.41 bits per heavy atom. The maximum absolute atomic E-state index is 12.6. The third kappa shape index (κ3) is 4.88. The minimum atomic E-state index is -0.520. The SMILES string of the molecule is COc1ccc(/C=C(/NC(=O)c2ccco2)C(=O)NCc2ccco2)cc1. The standard InChI is InChI=1S/C20H18N2O5/c1-25-15-8-6-14(7-9-15)12-17(22-20(24)18-5-3-11-27-18)19(23)21-13-16-4-2-10-26-16/h2-12H,13H2,1H3,(H,21,23)(H,22,24)/b17-12+. The Labute approximate surface area is 155 Å². The fraction of sp³-hybridized carbons (Fsp3) is 0.100. The lowest BCUT2D eigenvalue weighted by Gasteiger charge is -2.10. The molecule has 0 aliphatic rings. The van der Waals surface area contributed by atoms with Crippen LogP contribution in [-0.4, -0.2) is 18.9 Å². The van der Waals surface area contributed by atoms with Crippen molar-refractivity contribution in [3.63, 3.8) is 0 Å². The number of rotatable bonds is 7. The van der Waals surface area contributed by atoms with Crippen molar-refractivity contribution in [2.24, 2.45) is 0 Å². The van der Waals surface area contributed by atoms with E-state index in [2.05, 4.69) is 10.6 Å². The molecule has 2 heterocycles. The summed E-state index contributed by atoms with van der Waals surface area (Å²) in [6.07, 6.45) is 4.48. The molecule has 27 heavy (non-hydrogen) atoms. The number of amides is 2. The molecule has 2 amide bonds. The summed E-state index contributed by atoms with van der Waals surface area (Å²) < 4.78 is 15.4. The molecule has 7 nitrogen and oxygen atoms in total. The van der Waals surface area contributed by atoms with Gasteiger partial charge in [0.05, 0.1) is 26.2 Å². The zero-order chi connectivity index (χ0) is 19.1. The van der Waals surface area contributed by atoms with Gasteiger partial charge in [-0.05, 0) is 48.0 Å². The van der Waals surface area contributed by atoms with Crippen molar-refractivity contribution < 1.29 is 23.2 Å². The van der Waals surface area contributed by atoms with Crippen LogP contribution < -0.4 is 15.4 Å². The summed E-state index contributed by atoms with van der Waals surface area (Å²) in [5, 5.41) is 5.29. The number of hydrogen-bond donors (Lipinski definition) is 2. The number of carbonyl (C=O) groups is 2. The van der Waals surface area contributed by atoms with Crippen LogP contribution >= 0.6 is 0 Å². The van der Waals surface area contributed by atoms with Gasteiger partial charge in [0.1, 0.15) is 17.2 Å². The number of benzene rings is 1. The summed E-state index contributed by atoms with van der Waals surface area (Å²) in [6.45, 7) is 0.197. The lowest BCUT2D eigenvalue weighted by Crippen LogP contribution is -2.34. The second-order valence-electron chi connectivity index (χ2n) is 5.52. The third-order valence-electron chi connectivity index (χ3n) is 3.67. The van der Waals surface area contributed by atoms with Crippen molar-refractivity contribution in [3.05, 3.63) is 83.8 Å². The first-order valence-corrected chi connectivity index (χ1v) is 8.17. The smallest absolute Gasteiger partial charge is 0.291 e. The number of methoxy groups -OCH3 is 1. The zero-order valence-corrected chi connectivity index (χ0v) is 14.6. The van der Waals surface area contributed by atoms with Crippen LogP contribution in [0.3, 0.4) is 0 Å². The summed E-state index contributed by atoms with van der Waals surface area (Å²) in [6, 6.07) is 13.7. The van der Waals surface area contributed by atoms with Crippen LogP contribution in [0, 0.1) is 0 Å². The van der Waals surface area contributed by atoms with E-state index in [0.717, 1.165) is 5.56 Å². The van der Waals surface area contributed by atoms with E-state index in [4.69, 9.17) is 13.6 Å². The minimum absolute atomic E-state index is 0.0770. The summed E-state index contributed by atoms with van der Waals surface area (Å²) in [4.78, 5) is 24.9. The number of nitrogens with one attached hydrogen (secondary N) is 2. The van der Waals surface area contributed by atoms with Gasteiger partial charge in [-0.3, -0.25) is 9.59 Å². The summed E-state index contributed by atoms with van der Waals surface area (Å²) in [5.41, 5.74) is 0.798. The number of hydrogen-bond acceptors (Lipinski definition) is 5. The van der Waals surface area contributed by atoms with Crippen molar-refractivity contribution in [2.75, 3.05) is 7.11 Å². The van der Waals surface area contributed by atoms with Crippen LogP contribution in [0.2, 0.25) is 0 Å². The van der Waals surface area contributed by atoms with Crippen molar-refractivity contribution in [3.8, 4) is 5.75 Å². The second-order valence-corrected chi connectivity index (χ2v) is 5.52. The average molecular weight is 366 g/mol. The van der Waals surface area contributed by atoms with Gasteiger partial charge in [0.2, 0.25) is 0 Å². The Balaban J connectivity index is 1.79. The van der Waals surface area contributed by atoms with E-state index in [-0.39, 0.29) is 18.0 Å². The van der Waals surface area contributed by atoms with Gasteiger partial charge in [0, 0.05) is 0 Å². The molecular formula is C20H18N2O5. The number of carbonyl (C=O) groups excluding carboxylic acids is 2. The molecule has 3 rings (SSSR count). The van der Waals surface area contributed by atoms with Crippen LogP contribution in [-0.2, 0) is 11.3 Å². The Hall–Kier alpha value is -3.74. The number of ether oxygens (including phenoxy) is 1. The monoisotopic (exact) mass is 366 g/mol. The molecule has 138 valence electrons. The summed E-state index contributed by atoms with van der Waals surface area (Å²) in [5.74, 6) is 0.421. The summed E-state index contributed by atoms with van der Waals surface area (Å²) in [7, 11) is 1.57. The topological polar surface area (TPSA) is 93.7 Å². The van der Waals surface area contributed by atoms with Gasteiger partial charge < -0.3 is 24.2 Å². The first kappa shape index (κ1) is 18.1. The molecule has 0 unspecified atom stereocenters. The lowest BCUT2D eigenvalue weighted by molar-refractivity contribution is -0.118. The molecule has 2 N–H and O–H groups in total. The lowest BCUT2D eigenvalue weighted by atomic mass is 10.1. The van der Waals surface area contributed by atoms with E-state index in [0.29, 0.717) is 11.5 Å². The molecule has 0 fully saturated rings. The van der Waals surface area contributed by atoms with Crippen molar-refractivity contribution in [1.82, 2.24) is 10.6 Å². The van der Waals surface area contributed by atoms with E-state index in [1.165, 1.54) is 18.6 Å². The normalized spacial score (nSPS) is 11.1. The molecule has 0 aliphatic carbocycles. The molecule has 0 atom stereocenters. The van der Waals surface area contributed by atoms with Crippen LogP contribution in [0.15, 0.2) is 75.6 Å². The Kier molecular flexibility index (Phi) is 5.73. The van der Waals surface area contributed by atoms with E-state index >= 15 is 0 Å². The molecule has 0 spiro atoms. The van der Waals surface area contributed by atoms with Gasteiger partial charge in [-0.2, -0.15) is 0 Å². The Bertz CT molecular complexity index is 910. The predicted octanol–water partition coefficient (Wildman–Crippen LogP) is 2.97. The van der Waals surface area contributed by atoms with Crippen LogP contribution in [0.5, 0.6) is 5.75 Å². The molecule has 7 heteroatoms. The highest BCUT2D eigenvalue weighted by Crippen LogP contribution is 2.14. The predicted molar refractivity (Wildman–Crippen MR) is 97.7 cm³/mol. The van der Waals surface area contributed by atoms with Crippen LogP contribution in [0.1, 0.15) is 21.9 Å². The van der Waals surface area contributed by atoms with Crippen LogP contribution in [0.25, 0.3) is 6.08 Å². The summed E-state index contributed by atoms with van der Waals surface area (Å²) >= 11 is 0. The molecular weight excluding hydrogens is 348 g/mol. The van der Waals surface area contributed by atoms with Gasteiger partial charge in [-0.1, -0.05) is 12.1 Å². The molecule has 0 bridgehead atoms. The maximum atomic E-state index is 12.6. The molecule has 2 aromatic heterocycles. The van der Waals surface area contributed by atoms with Gasteiger partial charge in [0.25, 0.3) is 11.8 Å². The van der Waals surface area contributed by atoms with E-state index in [1.807, 2.05) is 0 Å². The molecule has 0 saturated heterocycles. The quantitative estimate of drug-likeness (QED) is 0.627. The van der Waals surface area contributed by atoms with Crippen molar-refractivity contribution in [1.29, 1.82) is 0 Å². The fourth-order valence-corrected chi connectivity index (χ4v) is 2.29. The first-order chi connectivity index (χ1) is 13.2. The number of furan rings is 2. The molecule has 3 aromatic rings. The van der Waals surface area contributed by atoms with E-state index in [9.17, 15) is 9.59 Å². The van der Waals surface area contributed by atoms with Gasteiger partial charge in [-0.25, -0.2) is 0 Å². The van der Waals surface area contributed by atoms with Crippen LogP contribution in [0.4, 0.5) is 0 Å². The van der Waals surface area contributed by atoms with Crippen molar-refractivity contribution >= 4 is 17.9 Å². The maximum Gasteiger partial charge on any atom is 0.291 e. The largest absolute Gasteiger partial charge is 0.497 e. The Morgan fingerprint density at radius 1 is 1.04 bits per heavy atom. The molecule has 0 aliphatic heterocycles. The first-order valence-electron chi connectivity index (χ1n) is 8.17. The second kappa shape index (κ2) is 8.57. The molecule has 0 radical (unpaired) electrons. The highest BCUT2D eigenvalue weighted by molar-refractivity contribution is 6.04. The average Bonchev–Trinajstić information content (AvgIpc) is 3.40. The van der Waals surface area contributed by atoms with Gasteiger partial charge in [0.15, 0.2) is 5.76 Å². The van der Waals surface area contributed by atoms with E-state index < -0.39 is 11.8 Å².